The molecule has 0 aliphatic heterocycles. The summed E-state index contributed by atoms with van der Waals surface area (Å²) in [7, 11) is 0. The largest absolute Gasteiger partial charge is 0.417 e. The Labute approximate surface area is 271 Å². The topological polar surface area (TPSA) is 139 Å². The van der Waals surface area contributed by atoms with E-state index in [1.807, 2.05) is 11.8 Å². The third-order valence-corrected chi connectivity index (χ3v) is 6.62. The van der Waals surface area contributed by atoms with Gasteiger partial charge in [0.15, 0.2) is 0 Å². The minimum absolute atomic E-state index is 0.0976. The van der Waals surface area contributed by atoms with Crippen molar-refractivity contribution in [3.8, 4) is 35.2 Å². The van der Waals surface area contributed by atoms with Crippen molar-refractivity contribution >= 4 is 23.3 Å². The van der Waals surface area contributed by atoms with Crippen LogP contribution in [0.25, 0.3) is 0 Å². The average Bonchev–Trinajstić information content (AvgIpc) is 3.03. The Balaban J connectivity index is 1.56. The Morgan fingerprint density at radius 1 is 0.531 bits per heavy atom. The highest BCUT2D eigenvalue weighted by Crippen LogP contribution is 2.56. The van der Waals surface area contributed by atoms with Crippen molar-refractivity contribution in [2.45, 2.75) is 17.8 Å². The maximum absolute atomic E-state index is 14.5. The van der Waals surface area contributed by atoms with E-state index in [-0.39, 0.29) is 34.0 Å². The van der Waals surface area contributed by atoms with Crippen molar-refractivity contribution in [2.75, 3.05) is 0 Å². The van der Waals surface area contributed by atoms with Crippen molar-refractivity contribution in [1.82, 2.24) is 0 Å². The number of halogens is 6. The van der Waals surface area contributed by atoms with Gasteiger partial charge in [-0.2, -0.15) is 26.3 Å². The first-order valence-corrected chi connectivity index (χ1v) is 13.3. The van der Waals surface area contributed by atoms with Crippen LogP contribution in [-0.4, -0.2) is 34.1 Å². The van der Waals surface area contributed by atoms with E-state index in [1.165, 1.54) is 0 Å². The van der Waals surface area contributed by atoms with Gasteiger partial charge < -0.3 is 9.47 Å². The van der Waals surface area contributed by atoms with Crippen molar-refractivity contribution in [1.29, 1.82) is 0 Å². The van der Waals surface area contributed by atoms with E-state index in [9.17, 15) is 56.2 Å². The molecule has 0 N–H and O–H groups in total. The summed E-state index contributed by atoms with van der Waals surface area (Å²) >= 11 is 0. The molecule has 16 heteroatoms. The van der Waals surface area contributed by atoms with Crippen molar-refractivity contribution < 1.29 is 55.3 Å². The minimum atomic E-state index is -5.91. The van der Waals surface area contributed by atoms with E-state index in [0.29, 0.717) is 24.3 Å². The predicted molar refractivity (Wildman–Crippen MR) is 157 cm³/mol. The standard InChI is InChI=1S/C33H16F6N2O8/c34-32(35,36)31(33(37,38)39,23-7-1-21(2-8-23)5-19-29(42)48-27-15-11-25(12-16-27)40(44)45)24-9-3-22(4-10-24)6-20-30(43)49-28-17-13-26(14-18-28)41(46)47/h1-4,7-18H. The number of ether oxygens (including phenoxy) is 2. The first kappa shape index (κ1) is 35.2. The predicted octanol–water partition coefficient (Wildman–Crippen LogP) is 6.83. The zero-order valence-electron chi connectivity index (χ0n) is 24.2. The molecule has 0 saturated heterocycles. The molecule has 0 aromatic heterocycles. The second kappa shape index (κ2) is 14.0. The number of carbonyl (C=O) groups is 2. The van der Waals surface area contributed by atoms with Crippen LogP contribution < -0.4 is 9.47 Å². The maximum atomic E-state index is 14.5. The van der Waals surface area contributed by atoms with E-state index in [4.69, 9.17) is 9.47 Å². The summed E-state index contributed by atoms with van der Waals surface area (Å²) in [6.45, 7) is 0. The summed E-state index contributed by atoms with van der Waals surface area (Å²) in [5.41, 5.74) is -7.74. The molecule has 0 atom stereocenters. The molecule has 0 unspecified atom stereocenters. The molecule has 0 radical (unpaired) electrons. The van der Waals surface area contributed by atoms with Gasteiger partial charge in [-0.05, 0) is 59.7 Å². The zero-order chi connectivity index (χ0) is 36.0. The second-order valence-corrected chi connectivity index (χ2v) is 9.68. The van der Waals surface area contributed by atoms with E-state index in [2.05, 4.69) is 11.8 Å². The van der Waals surface area contributed by atoms with Gasteiger partial charge in [-0.25, -0.2) is 9.59 Å². The molecule has 0 amide bonds. The van der Waals surface area contributed by atoms with E-state index < -0.39 is 50.7 Å². The summed E-state index contributed by atoms with van der Waals surface area (Å²) in [5, 5.41) is 21.4. The van der Waals surface area contributed by atoms with Crippen LogP contribution >= 0.6 is 0 Å². The number of hydrogen-bond acceptors (Lipinski definition) is 8. The summed E-state index contributed by atoms with van der Waals surface area (Å²) < 4.78 is 97.0. The van der Waals surface area contributed by atoms with Gasteiger partial charge in [0.2, 0.25) is 5.41 Å². The lowest BCUT2D eigenvalue weighted by molar-refractivity contribution is -0.385. The van der Waals surface area contributed by atoms with Crippen LogP contribution in [0.2, 0.25) is 0 Å². The lowest BCUT2D eigenvalue weighted by Gasteiger charge is -2.38. The van der Waals surface area contributed by atoms with Gasteiger partial charge in [0.25, 0.3) is 11.4 Å². The van der Waals surface area contributed by atoms with E-state index >= 15 is 0 Å². The smallest absolute Gasteiger partial charge is 0.411 e. The Bertz CT molecular complexity index is 1870. The molecule has 0 bridgehead atoms. The molecule has 4 aromatic carbocycles. The van der Waals surface area contributed by atoms with Gasteiger partial charge in [0.1, 0.15) is 11.5 Å². The number of carbonyl (C=O) groups excluding carboxylic acids is 2. The SMILES string of the molecule is O=C(C#Cc1ccc(C(c2ccc(C#CC(=O)Oc3ccc([N+](=O)[O-])cc3)cc2)(C(F)(F)F)C(F)(F)F)cc1)Oc1ccc([N+](=O)[O-])cc1. The summed E-state index contributed by atoms with van der Waals surface area (Å²) in [5.74, 6) is 6.08. The molecule has 4 aromatic rings. The molecule has 248 valence electrons. The van der Waals surface area contributed by atoms with Gasteiger partial charge in [0, 0.05) is 47.2 Å². The first-order chi connectivity index (χ1) is 23.0. The Morgan fingerprint density at radius 3 is 1.10 bits per heavy atom. The molecule has 0 saturated carbocycles. The fraction of sp³-hybridized carbons (Fsp3) is 0.0909. The van der Waals surface area contributed by atoms with Gasteiger partial charge in [-0.15, -0.1) is 0 Å². The average molecular weight is 682 g/mol. The van der Waals surface area contributed by atoms with Crippen LogP contribution in [0.1, 0.15) is 22.3 Å². The number of esters is 2. The normalized spacial score (nSPS) is 11.2. The molecule has 0 spiro atoms. The van der Waals surface area contributed by atoms with Gasteiger partial charge in [-0.1, -0.05) is 36.1 Å². The molecule has 0 aliphatic carbocycles. The van der Waals surface area contributed by atoms with Crippen molar-refractivity contribution in [3.63, 3.8) is 0 Å². The highest BCUT2D eigenvalue weighted by molar-refractivity contribution is 5.91. The van der Waals surface area contributed by atoms with Crippen LogP contribution in [0.5, 0.6) is 11.5 Å². The molecule has 49 heavy (non-hydrogen) atoms. The molecular formula is C33H16F6N2O8. The maximum Gasteiger partial charge on any atom is 0.411 e. The Hall–Kier alpha value is -6.68. The first-order valence-electron chi connectivity index (χ1n) is 13.3. The van der Waals surface area contributed by atoms with Gasteiger partial charge in [0.05, 0.1) is 9.85 Å². The third kappa shape index (κ3) is 8.01. The van der Waals surface area contributed by atoms with Gasteiger partial charge in [-0.3, -0.25) is 20.2 Å². The fourth-order valence-corrected chi connectivity index (χ4v) is 4.37. The summed E-state index contributed by atoms with van der Waals surface area (Å²) in [6, 6.07) is 14.4. The molecule has 0 aliphatic rings. The number of nitro groups is 2. The van der Waals surface area contributed by atoms with Crippen LogP contribution in [0, 0.1) is 43.9 Å². The lowest BCUT2D eigenvalue weighted by atomic mass is 9.72. The van der Waals surface area contributed by atoms with Crippen LogP contribution in [0.3, 0.4) is 0 Å². The molecule has 10 nitrogen and oxygen atoms in total. The number of rotatable bonds is 6. The molecule has 0 heterocycles. The highest BCUT2D eigenvalue weighted by atomic mass is 19.4. The van der Waals surface area contributed by atoms with Crippen LogP contribution in [0.15, 0.2) is 97.1 Å². The van der Waals surface area contributed by atoms with Crippen LogP contribution in [-0.2, 0) is 15.0 Å². The van der Waals surface area contributed by atoms with Crippen LogP contribution in [0.4, 0.5) is 37.7 Å². The van der Waals surface area contributed by atoms with E-state index in [0.717, 1.165) is 72.8 Å². The summed E-state index contributed by atoms with van der Waals surface area (Å²) in [4.78, 5) is 44.1. The quantitative estimate of drug-likeness (QED) is 0.0539. The highest BCUT2D eigenvalue weighted by Gasteiger charge is 2.72. The zero-order valence-corrected chi connectivity index (χ0v) is 24.2. The second-order valence-electron chi connectivity index (χ2n) is 9.68. The molecule has 4 rings (SSSR count). The monoisotopic (exact) mass is 682 g/mol. The minimum Gasteiger partial charge on any atom is -0.417 e. The Morgan fingerprint density at radius 2 is 0.837 bits per heavy atom. The summed E-state index contributed by atoms with van der Waals surface area (Å²) in [6.07, 6.45) is -11.8. The number of non-ortho nitro benzene ring substituents is 2. The van der Waals surface area contributed by atoms with Crippen molar-refractivity contribution in [3.05, 3.63) is 140 Å². The third-order valence-electron chi connectivity index (χ3n) is 6.62. The number of nitro benzene ring substituents is 2. The lowest BCUT2D eigenvalue weighted by Crippen LogP contribution is -2.54. The number of benzene rings is 4. The molecular weight excluding hydrogens is 666 g/mol. The number of nitrogens with zero attached hydrogens (tertiary/aromatic N) is 2. The fourth-order valence-electron chi connectivity index (χ4n) is 4.37. The Kier molecular flexibility index (Phi) is 10.0. The van der Waals surface area contributed by atoms with E-state index in [1.54, 1.807) is 0 Å². The van der Waals surface area contributed by atoms with Crippen molar-refractivity contribution in [2.24, 2.45) is 0 Å². The number of alkyl halides is 6. The number of hydrogen-bond donors (Lipinski definition) is 0. The van der Waals surface area contributed by atoms with Gasteiger partial charge >= 0.3 is 24.3 Å². The molecule has 0 fully saturated rings.